The van der Waals surface area contributed by atoms with Gasteiger partial charge in [0.15, 0.2) is 0 Å². The van der Waals surface area contributed by atoms with E-state index < -0.39 is 11.9 Å². The summed E-state index contributed by atoms with van der Waals surface area (Å²) in [6, 6.07) is 3.90. The molecule has 6 heteroatoms. The van der Waals surface area contributed by atoms with Crippen LogP contribution in [0.1, 0.15) is 18.5 Å². The lowest BCUT2D eigenvalue weighted by atomic mass is 10.3. The van der Waals surface area contributed by atoms with Crippen molar-refractivity contribution >= 4 is 5.82 Å². The maximum absolute atomic E-state index is 12.4. The predicted molar refractivity (Wildman–Crippen MR) is 63.4 cm³/mol. The molecule has 100 valence electrons. The van der Waals surface area contributed by atoms with Crippen LogP contribution in [0.4, 0.5) is 19.0 Å². The quantitative estimate of drug-likeness (QED) is 0.901. The van der Waals surface area contributed by atoms with Gasteiger partial charge in [-0.25, -0.2) is 4.98 Å². The summed E-state index contributed by atoms with van der Waals surface area (Å²) < 4.78 is 37.3. The van der Waals surface area contributed by atoms with Crippen molar-refractivity contribution < 1.29 is 13.2 Å². The zero-order chi connectivity index (χ0) is 13.0. The lowest BCUT2D eigenvalue weighted by molar-refractivity contribution is -0.141. The van der Waals surface area contributed by atoms with Crippen molar-refractivity contribution in [1.82, 2.24) is 9.88 Å². The fourth-order valence-corrected chi connectivity index (χ4v) is 2.04. The third-order valence-electron chi connectivity index (χ3n) is 2.97. The molecule has 0 bridgehead atoms. The van der Waals surface area contributed by atoms with E-state index in [-0.39, 0.29) is 5.82 Å². The van der Waals surface area contributed by atoms with Gasteiger partial charge in [-0.05, 0) is 38.1 Å². The molecule has 2 rings (SSSR count). The molecule has 1 aromatic heterocycles. The van der Waals surface area contributed by atoms with Gasteiger partial charge in [-0.3, -0.25) is 0 Å². The summed E-state index contributed by atoms with van der Waals surface area (Å²) in [5.41, 5.74) is -0.853. The Bertz CT molecular complexity index is 386. The van der Waals surface area contributed by atoms with E-state index in [1.807, 2.05) is 0 Å². The molecule has 2 heterocycles. The van der Waals surface area contributed by atoms with E-state index in [1.165, 1.54) is 18.9 Å². The Morgan fingerprint density at radius 3 is 2.61 bits per heavy atom. The van der Waals surface area contributed by atoms with Gasteiger partial charge in [-0.15, -0.1) is 0 Å². The molecule has 0 amide bonds. The van der Waals surface area contributed by atoms with Crippen molar-refractivity contribution in [2.24, 2.45) is 0 Å². The third-order valence-corrected chi connectivity index (χ3v) is 2.97. The maximum atomic E-state index is 12.4. The number of hydrogen-bond donors (Lipinski definition) is 1. The highest BCUT2D eigenvalue weighted by Gasteiger charge is 2.32. The van der Waals surface area contributed by atoms with Gasteiger partial charge in [0.05, 0.1) is 0 Å². The molecule has 1 aliphatic heterocycles. The van der Waals surface area contributed by atoms with Crippen molar-refractivity contribution in [1.29, 1.82) is 0 Å². The molecule has 0 radical (unpaired) electrons. The summed E-state index contributed by atoms with van der Waals surface area (Å²) in [6.45, 7) is 3.63. The SMILES string of the molecule is FC(F)(F)c1cccc(NCCN2CCCC2)n1. The Morgan fingerprint density at radius 1 is 1.22 bits per heavy atom. The first-order valence-electron chi connectivity index (χ1n) is 6.06. The van der Waals surface area contributed by atoms with E-state index in [0.29, 0.717) is 6.54 Å². The Hall–Kier alpha value is -1.30. The van der Waals surface area contributed by atoms with Crippen molar-refractivity contribution in [3.8, 4) is 0 Å². The van der Waals surface area contributed by atoms with Gasteiger partial charge >= 0.3 is 6.18 Å². The van der Waals surface area contributed by atoms with Gasteiger partial charge in [0.1, 0.15) is 11.5 Å². The first kappa shape index (κ1) is 13.1. The van der Waals surface area contributed by atoms with Crippen molar-refractivity contribution in [3.63, 3.8) is 0 Å². The molecule has 1 saturated heterocycles. The second-order valence-electron chi connectivity index (χ2n) is 4.38. The monoisotopic (exact) mass is 259 g/mol. The van der Waals surface area contributed by atoms with Crippen LogP contribution in [0.25, 0.3) is 0 Å². The summed E-state index contributed by atoms with van der Waals surface area (Å²) >= 11 is 0. The molecule has 0 unspecified atom stereocenters. The number of nitrogens with zero attached hydrogens (tertiary/aromatic N) is 2. The van der Waals surface area contributed by atoms with Gasteiger partial charge in [0, 0.05) is 13.1 Å². The van der Waals surface area contributed by atoms with Crippen molar-refractivity contribution in [3.05, 3.63) is 23.9 Å². The topological polar surface area (TPSA) is 28.2 Å². The van der Waals surface area contributed by atoms with Crippen LogP contribution in [-0.4, -0.2) is 36.1 Å². The summed E-state index contributed by atoms with van der Waals surface area (Å²) in [6.07, 6.45) is -1.96. The highest BCUT2D eigenvalue weighted by Crippen LogP contribution is 2.28. The summed E-state index contributed by atoms with van der Waals surface area (Å²) in [5.74, 6) is 0.282. The highest BCUT2D eigenvalue weighted by atomic mass is 19.4. The van der Waals surface area contributed by atoms with Crippen LogP contribution in [0.15, 0.2) is 18.2 Å². The van der Waals surface area contributed by atoms with Crippen LogP contribution in [0.5, 0.6) is 0 Å². The summed E-state index contributed by atoms with van der Waals surface area (Å²) in [7, 11) is 0. The molecular weight excluding hydrogens is 243 g/mol. The van der Waals surface area contributed by atoms with E-state index in [0.717, 1.165) is 25.7 Å². The molecule has 0 aromatic carbocycles. The molecule has 0 saturated carbocycles. The minimum Gasteiger partial charge on any atom is -0.369 e. The number of alkyl halides is 3. The molecule has 0 atom stereocenters. The van der Waals surface area contributed by atoms with E-state index >= 15 is 0 Å². The van der Waals surface area contributed by atoms with Crippen LogP contribution in [0.3, 0.4) is 0 Å². The average molecular weight is 259 g/mol. The fourth-order valence-electron chi connectivity index (χ4n) is 2.04. The maximum Gasteiger partial charge on any atom is 0.433 e. The summed E-state index contributed by atoms with van der Waals surface area (Å²) in [4.78, 5) is 5.85. The Labute approximate surface area is 104 Å². The molecule has 0 spiro atoms. The Kier molecular flexibility index (Phi) is 4.06. The van der Waals surface area contributed by atoms with Crippen molar-refractivity contribution in [2.75, 3.05) is 31.5 Å². The van der Waals surface area contributed by atoms with Crippen LogP contribution in [-0.2, 0) is 6.18 Å². The zero-order valence-electron chi connectivity index (χ0n) is 10.0. The van der Waals surface area contributed by atoms with E-state index in [4.69, 9.17) is 0 Å². The van der Waals surface area contributed by atoms with Crippen LogP contribution in [0, 0.1) is 0 Å². The van der Waals surface area contributed by atoms with Crippen LogP contribution >= 0.6 is 0 Å². The number of halogens is 3. The van der Waals surface area contributed by atoms with E-state index in [9.17, 15) is 13.2 Å². The van der Waals surface area contributed by atoms with Crippen LogP contribution in [0.2, 0.25) is 0 Å². The third kappa shape index (κ3) is 3.60. The average Bonchev–Trinajstić information content (AvgIpc) is 2.81. The minimum atomic E-state index is -4.38. The smallest absolute Gasteiger partial charge is 0.369 e. The standard InChI is InChI=1S/C12H16F3N3/c13-12(14,15)10-4-3-5-11(17-10)16-6-9-18-7-1-2-8-18/h3-5H,1-2,6-9H2,(H,16,17). The van der Waals surface area contributed by atoms with Crippen LogP contribution < -0.4 is 5.32 Å². The largest absolute Gasteiger partial charge is 0.433 e. The summed E-state index contributed by atoms with van der Waals surface area (Å²) in [5, 5.41) is 2.93. The molecule has 1 fully saturated rings. The lowest BCUT2D eigenvalue weighted by Gasteiger charge is -2.15. The van der Waals surface area contributed by atoms with E-state index in [1.54, 1.807) is 6.07 Å². The van der Waals surface area contributed by atoms with Gasteiger partial charge < -0.3 is 10.2 Å². The second-order valence-corrected chi connectivity index (χ2v) is 4.38. The molecule has 18 heavy (non-hydrogen) atoms. The molecule has 0 aliphatic carbocycles. The minimum absolute atomic E-state index is 0.282. The first-order valence-corrected chi connectivity index (χ1v) is 6.06. The number of rotatable bonds is 4. The number of likely N-dealkylation sites (tertiary alicyclic amines) is 1. The number of hydrogen-bond acceptors (Lipinski definition) is 3. The molecule has 3 nitrogen and oxygen atoms in total. The number of nitrogens with one attached hydrogen (secondary N) is 1. The highest BCUT2D eigenvalue weighted by molar-refractivity contribution is 5.35. The lowest BCUT2D eigenvalue weighted by Crippen LogP contribution is -2.26. The van der Waals surface area contributed by atoms with Gasteiger partial charge in [-0.2, -0.15) is 13.2 Å². The number of pyridine rings is 1. The number of anilines is 1. The second kappa shape index (κ2) is 5.56. The Balaban J connectivity index is 1.85. The van der Waals surface area contributed by atoms with Crippen molar-refractivity contribution in [2.45, 2.75) is 19.0 Å². The van der Waals surface area contributed by atoms with E-state index in [2.05, 4.69) is 15.2 Å². The predicted octanol–water partition coefficient (Wildman–Crippen LogP) is 2.61. The number of aromatic nitrogens is 1. The molecule has 1 N–H and O–H groups in total. The van der Waals surface area contributed by atoms with Gasteiger partial charge in [0.2, 0.25) is 0 Å². The zero-order valence-corrected chi connectivity index (χ0v) is 10.0. The van der Waals surface area contributed by atoms with Gasteiger partial charge in [0.25, 0.3) is 0 Å². The Morgan fingerprint density at radius 2 is 1.94 bits per heavy atom. The molecular formula is C12H16F3N3. The first-order chi connectivity index (χ1) is 8.55. The molecule has 1 aromatic rings. The fraction of sp³-hybridized carbons (Fsp3) is 0.583. The molecule has 1 aliphatic rings. The normalized spacial score (nSPS) is 17.1. The van der Waals surface area contributed by atoms with Gasteiger partial charge in [-0.1, -0.05) is 6.07 Å².